The second kappa shape index (κ2) is 4.43. The summed E-state index contributed by atoms with van der Waals surface area (Å²) in [6, 6.07) is 0. The molecular weight excluding hydrogens is 207 g/mol. The van der Waals surface area contributed by atoms with Crippen LogP contribution in [-0.2, 0) is 9.36 Å². The molecule has 0 heterocycles. The van der Waals surface area contributed by atoms with Crippen molar-refractivity contribution in [2.24, 2.45) is 11.3 Å². The van der Waals surface area contributed by atoms with Gasteiger partial charge in [0.05, 0.1) is 12.1 Å². The van der Waals surface area contributed by atoms with E-state index in [4.69, 9.17) is 21.8 Å². The monoisotopic (exact) mass is 221 g/mol. The molecule has 3 N–H and O–H groups in total. The normalized spacial score (nSPS) is 15.2. The molecule has 0 rings (SSSR count). The van der Waals surface area contributed by atoms with Crippen LogP contribution in [0.25, 0.3) is 0 Å². The van der Waals surface area contributed by atoms with Crippen LogP contribution < -0.4 is 0 Å². The predicted molar refractivity (Wildman–Crippen MR) is 50.2 cm³/mol. The van der Waals surface area contributed by atoms with Gasteiger partial charge in [0, 0.05) is 0 Å². The van der Waals surface area contributed by atoms with Crippen molar-refractivity contribution in [1.82, 2.24) is 0 Å². The minimum Gasteiger partial charge on any atom is -0.481 e. The molecule has 0 amide bonds. The molecule has 5 nitrogen and oxygen atoms in total. The van der Waals surface area contributed by atoms with Crippen molar-refractivity contribution in [3.8, 4) is 0 Å². The topological polar surface area (TPSA) is 94.8 Å². The number of carboxylic acids is 1. The summed E-state index contributed by atoms with van der Waals surface area (Å²) in [7, 11) is -4.21. The van der Waals surface area contributed by atoms with Crippen LogP contribution in [0.3, 0.4) is 0 Å². The number of rotatable bonds is 5. The maximum absolute atomic E-state index is 10.5. The van der Waals surface area contributed by atoms with Crippen molar-refractivity contribution in [1.29, 1.82) is 0 Å². The van der Waals surface area contributed by atoms with E-state index in [0.29, 0.717) is 0 Å². The molecule has 0 aromatic carbocycles. The first kappa shape index (κ1) is 13.6. The van der Waals surface area contributed by atoms with Crippen LogP contribution in [0.1, 0.15) is 20.3 Å². The lowest BCUT2D eigenvalue weighted by Crippen LogP contribution is -2.28. The van der Waals surface area contributed by atoms with Crippen LogP contribution in [0.2, 0.25) is 0 Å². The number of hydrogen-bond acceptors (Lipinski definition) is 2. The third kappa shape index (κ3) is 4.74. The minimum atomic E-state index is -4.21. The summed E-state index contributed by atoms with van der Waals surface area (Å²) < 4.78 is 10.5. The van der Waals surface area contributed by atoms with Gasteiger partial charge in [-0.15, -0.1) is 0 Å². The Morgan fingerprint density at radius 2 is 2.00 bits per heavy atom. The van der Waals surface area contributed by atoms with Gasteiger partial charge in [-0.05, 0) is 18.8 Å². The van der Waals surface area contributed by atoms with Gasteiger partial charge in [-0.3, -0.25) is 9.36 Å². The molecule has 0 aliphatic heterocycles. The third-order valence-electron chi connectivity index (χ3n) is 1.96. The van der Waals surface area contributed by atoms with E-state index in [1.807, 2.05) is 0 Å². The summed E-state index contributed by atoms with van der Waals surface area (Å²) in [4.78, 5) is 27.7. The molecular formula is C8H14O5P. The molecule has 0 aromatic rings. The second-order valence-corrected chi connectivity index (χ2v) is 5.32. The van der Waals surface area contributed by atoms with Gasteiger partial charge < -0.3 is 14.9 Å². The van der Waals surface area contributed by atoms with Crippen molar-refractivity contribution < 1.29 is 24.3 Å². The van der Waals surface area contributed by atoms with E-state index in [1.165, 1.54) is 13.8 Å². The fourth-order valence-electron chi connectivity index (χ4n) is 0.815. The number of carboxylic acid groups (broad SMARTS) is 1. The van der Waals surface area contributed by atoms with E-state index in [1.54, 1.807) is 0 Å². The van der Waals surface area contributed by atoms with Gasteiger partial charge in [0.15, 0.2) is 0 Å². The Hall–Kier alpha value is -0.380. The standard InChI is InChI=1S/C8H14O5P/c1-6(7(9)10)8(2,3)4-5-14(11,12)13/h1,5-6H,4H2,2-3H3,(H,9,10)(H2,11,12,13). The number of carbonyl (C=O) groups is 1. The van der Waals surface area contributed by atoms with Crippen LogP contribution in [0.5, 0.6) is 0 Å². The highest BCUT2D eigenvalue weighted by Crippen LogP contribution is 2.45. The van der Waals surface area contributed by atoms with Crippen LogP contribution >= 0.6 is 7.60 Å². The molecule has 1 atom stereocenters. The summed E-state index contributed by atoms with van der Waals surface area (Å²) in [5, 5.41) is 8.61. The van der Waals surface area contributed by atoms with Gasteiger partial charge in [-0.25, -0.2) is 0 Å². The van der Waals surface area contributed by atoms with Crippen molar-refractivity contribution in [3.63, 3.8) is 0 Å². The van der Waals surface area contributed by atoms with Gasteiger partial charge in [-0.1, -0.05) is 13.8 Å². The average molecular weight is 221 g/mol. The molecule has 1 unspecified atom stereocenters. The molecule has 81 valence electrons. The Kier molecular flexibility index (Phi) is 4.31. The van der Waals surface area contributed by atoms with Gasteiger partial charge in [0.1, 0.15) is 0 Å². The van der Waals surface area contributed by atoms with Crippen molar-refractivity contribution in [2.75, 3.05) is 0 Å². The first-order valence-electron chi connectivity index (χ1n) is 3.94. The first-order valence-corrected chi connectivity index (χ1v) is 5.62. The summed E-state index contributed by atoms with van der Waals surface area (Å²) >= 11 is 0. The summed E-state index contributed by atoms with van der Waals surface area (Å²) in [5.74, 6) is -2.33. The molecule has 0 fully saturated rings. The zero-order valence-electron chi connectivity index (χ0n) is 8.04. The second-order valence-electron chi connectivity index (χ2n) is 3.78. The molecule has 14 heavy (non-hydrogen) atoms. The Morgan fingerprint density at radius 1 is 1.57 bits per heavy atom. The lowest BCUT2D eigenvalue weighted by atomic mass is 9.78. The van der Waals surface area contributed by atoms with Crippen molar-refractivity contribution in [3.05, 3.63) is 13.1 Å². The smallest absolute Gasteiger partial charge is 0.329 e. The Bertz CT molecular complexity index is 254. The largest absolute Gasteiger partial charge is 0.481 e. The van der Waals surface area contributed by atoms with E-state index in [0.717, 1.165) is 6.16 Å². The Morgan fingerprint density at radius 3 is 2.29 bits per heavy atom. The molecule has 3 radical (unpaired) electrons. The maximum Gasteiger partial charge on any atom is 0.329 e. The highest BCUT2D eigenvalue weighted by molar-refractivity contribution is 7.54. The van der Waals surface area contributed by atoms with E-state index in [-0.39, 0.29) is 6.42 Å². The summed E-state index contributed by atoms with van der Waals surface area (Å²) in [6.45, 7) is 8.43. The van der Waals surface area contributed by atoms with Crippen LogP contribution in [0, 0.1) is 24.4 Å². The fraction of sp³-hybridized carbons (Fsp3) is 0.625. The molecule has 0 saturated carbocycles. The van der Waals surface area contributed by atoms with Crippen LogP contribution in [0.4, 0.5) is 0 Å². The SMILES string of the molecule is [CH]C(C(=O)O)C(C)(C)C[CH]P(=O)(O)O. The van der Waals surface area contributed by atoms with Crippen LogP contribution in [-0.4, -0.2) is 20.9 Å². The molecule has 0 spiro atoms. The van der Waals surface area contributed by atoms with E-state index in [2.05, 4.69) is 0 Å². The molecule has 0 aliphatic rings. The highest BCUT2D eigenvalue weighted by Gasteiger charge is 2.33. The highest BCUT2D eigenvalue weighted by atomic mass is 31.2. The Balaban J connectivity index is 4.35. The fourth-order valence-corrected chi connectivity index (χ4v) is 1.52. The summed E-state index contributed by atoms with van der Waals surface area (Å²) in [6.07, 6.45) is 0.737. The van der Waals surface area contributed by atoms with E-state index < -0.39 is 24.9 Å². The lowest BCUT2D eigenvalue weighted by molar-refractivity contribution is -0.143. The average Bonchev–Trinajstić information content (AvgIpc) is 1.98. The minimum absolute atomic E-state index is 0.0508. The molecule has 0 aliphatic carbocycles. The number of hydrogen-bond donors (Lipinski definition) is 3. The maximum atomic E-state index is 10.5. The van der Waals surface area contributed by atoms with Gasteiger partial charge >= 0.3 is 13.6 Å². The van der Waals surface area contributed by atoms with Gasteiger partial charge in [-0.2, -0.15) is 0 Å². The molecule has 6 heteroatoms. The zero-order valence-corrected chi connectivity index (χ0v) is 8.94. The lowest BCUT2D eigenvalue weighted by Gasteiger charge is -2.28. The van der Waals surface area contributed by atoms with Crippen LogP contribution in [0.15, 0.2) is 0 Å². The van der Waals surface area contributed by atoms with E-state index in [9.17, 15) is 9.36 Å². The zero-order chi connectivity index (χ0) is 11.6. The number of aliphatic carboxylic acids is 1. The van der Waals surface area contributed by atoms with Gasteiger partial charge in [0.2, 0.25) is 0 Å². The van der Waals surface area contributed by atoms with Crippen molar-refractivity contribution >= 4 is 13.6 Å². The third-order valence-corrected chi connectivity index (χ3v) is 2.62. The first-order chi connectivity index (χ1) is 6.06. The van der Waals surface area contributed by atoms with Crippen molar-refractivity contribution in [2.45, 2.75) is 20.3 Å². The quantitative estimate of drug-likeness (QED) is 0.605. The summed E-state index contributed by atoms with van der Waals surface area (Å²) in [5.41, 5.74) is -0.882. The molecule has 0 saturated heterocycles. The van der Waals surface area contributed by atoms with Gasteiger partial charge in [0.25, 0.3) is 0 Å². The molecule has 0 bridgehead atoms. The Labute approximate surface area is 83.3 Å². The predicted octanol–water partition coefficient (Wildman–Crippen LogP) is 1.15. The molecule has 0 aromatic heterocycles. The van der Waals surface area contributed by atoms with E-state index >= 15 is 0 Å².